The van der Waals surface area contributed by atoms with Crippen LogP contribution >= 0.6 is 11.8 Å². The Kier molecular flexibility index (Phi) is 4.11. The number of aryl methyl sites for hydroxylation is 2. The second kappa shape index (κ2) is 5.84. The quantitative estimate of drug-likeness (QED) is 0.887. The fourth-order valence-corrected chi connectivity index (χ4v) is 4.58. The van der Waals surface area contributed by atoms with E-state index in [0.29, 0.717) is 6.04 Å². The topological polar surface area (TPSA) is 37.5 Å². The van der Waals surface area contributed by atoms with Gasteiger partial charge in [-0.2, -0.15) is 0 Å². The van der Waals surface area contributed by atoms with Gasteiger partial charge in [0.2, 0.25) is 0 Å². The molecule has 2 aliphatic rings. The molecule has 4 heteroatoms. The lowest BCUT2D eigenvalue weighted by Gasteiger charge is -2.33. The van der Waals surface area contributed by atoms with Crippen molar-refractivity contribution < 1.29 is 4.42 Å². The van der Waals surface area contributed by atoms with E-state index in [1.54, 1.807) is 0 Å². The fourth-order valence-electron chi connectivity index (χ4n) is 3.35. The number of hydrogen-bond donors (Lipinski definition) is 1. The van der Waals surface area contributed by atoms with Crippen molar-refractivity contribution in [2.24, 2.45) is 10.9 Å². The van der Waals surface area contributed by atoms with Gasteiger partial charge in [0.25, 0.3) is 0 Å². The number of rotatable bonds is 2. The van der Waals surface area contributed by atoms with Crippen LogP contribution in [0.15, 0.2) is 15.5 Å². The summed E-state index contributed by atoms with van der Waals surface area (Å²) in [5, 5.41) is 4.70. The average molecular weight is 292 g/mol. The lowest BCUT2D eigenvalue weighted by Crippen LogP contribution is -2.35. The van der Waals surface area contributed by atoms with Crippen molar-refractivity contribution in [3.8, 4) is 0 Å². The molecule has 0 spiro atoms. The first kappa shape index (κ1) is 14.1. The monoisotopic (exact) mass is 292 g/mol. The van der Waals surface area contributed by atoms with Gasteiger partial charge in [0.1, 0.15) is 11.5 Å². The van der Waals surface area contributed by atoms with E-state index in [9.17, 15) is 0 Å². The predicted molar refractivity (Wildman–Crippen MR) is 85.4 cm³/mol. The summed E-state index contributed by atoms with van der Waals surface area (Å²) < 4.78 is 5.62. The third-order valence-electron chi connectivity index (χ3n) is 4.47. The molecule has 110 valence electrons. The molecule has 3 unspecified atom stereocenters. The Bertz CT molecular complexity index is 509. The van der Waals surface area contributed by atoms with Gasteiger partial charge in [-0.25, -0.2) is 0 Å². The predicted octanol–water partition coefficient (Wildman–Crippen LogP) is 4.21. The lowest BCUT2D eigenvalue weighted by molar-refractivity contribution is 0.335. The molecule has 0 saturated heterocycles. The lowest BCUT2D eigenvalue weighted by atomic mass is 9.86. The molecule has 1 aliphatic heterocycles. The van der Waals surface area contributed by atoms with Gasteiger partial charge in [0.15, 0.2) is 5.17 Å². The number of nitrogens with one attached hydrogen (secondary N) is 1. The van der Waals surface area contributed by atoms with Gasteiger partial charge in [-0.15, -0.1) is 0 Å². The molecule has 1 saturated carbocycles. The van der Waals surface area contributed by atoms with E-state index in [0.717, 1.165) is 22.6 Å². The molecular formula is C16H24N2OS. The highest BCUT2D eigenvalue weighted by Crippen LogP contribution is 2.34. The fraction of sp³-hybridized carbons (Fsp3) is 0.688. The zero-order valence-corrected chi connectivity index (χ0v) is 13.4. The van der Waals surface area contributed by atoms with E-state index < -0.39 is 0 Å². The summed E-state index contributed by atoms with van der Waals surface area (Å²) in [4.78, 5) is 4.94. The van der Waals surface area contributed by atoms with Crippen molar-refractivity contribution >= 4 is 16.9 Å². The normalized spacial score (nSPS) is 27.6. The van der Waals surface area contributed by atoms with Crippen molar-refractivity contribution in [3.05, 3.63) is 23.2 Å². The summed E-state index contributed by atoms with van der Waals surface area (Å²) in [6, 6.07) is 2.95. The van der Waals surface area contributed by atoms with Crippen LogP contribution in [0.1, 0.15) is 55.7 Å². The number of fused-ring (bicyclic) bond motifs is 1. The Morgan fingerprint density at radius 3 is 2.90 bits per heavy atom. The zero-order valence-electron chi connectivity index (χ0n) is 12.6. The van der Waals surface area contributed by atoms with Crippen LogP contribution in [0.2, 0.25) is 0 Å². The van der Waals surface area contributed by atoms with Gasteiger partial charge in [-0.3, -0.25) is 4.99 Å². The highest BCUT2D eigenvalue weighted by atomic mass is 32.2. The van der Waals surface area contributed by atoms with Crippen LogP contribution < -0.4 is 5.32 Å². The summed E-state index contributed by atoms with van der Waals surface area (Å²) in [6.45, 7) is 6.23. The maximum atomic E-state index is 5.62. The van der Waals surface area contributed by atoms with Crippen molar-refractivity contribution in [1.82, 2.24) is 5.32 Å². The molecule has 0 amide bonds. The van der Waals surface area contributed by atoms with Crippen LogP contribution in [-0.4, -0.2) is 17.0 Å². The van der Waals surface area contributed by atoms with Gasteiger partial charge in [0.05, 0.1) is 12.1 Å². The van der Waals surface area contributed by atoms with E-state index in [2.05, 4.69) is 18.3 Å². The highest BCUT2D eigenvalue weighted by molar-refractivity contribution is 8.13. The van der Waals surface area contributed by atoms with Crippen molar-refractivity contribution in [2.45, 2.75) is 58.5 Å². The molecule has 1 fully saturated rings. The molecule has 3 rings (SSSR count). The van der Waals surface area contributed by atoms with Crippen molar-refractivity contribution in [1.29, 1.82) is 0 Å². The molecule has 3 nitrogen and oxygen atoms in total. The third kappa shape index (κ3) is 2.90. The number of furan rings is 1. The van der Waals surface area contributed by atoms with E-state index in [4.69, 9.17) is 9.41 Å². The molecule has 0 bridgehead atoms. The first-order valence-electron chi connectivity index (χ1n) is 7.67. The van der Waals surface area contributed by atoms with Gasteiger partial charge in [-0.1, -0.05) is 24.6 Å². The van der Waals surface area contributed by atoms with Crippen LogP contribution in [0.25, 0.3) is 0 Å². The van der Waals surface area contributed by atoms with E-state index in [-0.39, 0.29) is 6.04 Å². The molecule has 20 heavy (non-hydrogen) atoms. The Morgan fingerprint density at radius 1 is 1.35 bits per heavy atom. The maximum Gasteiger partial charge on any atom is 0.157 e. The molecule has 1 aliphatic carbocycles. The SMILES string of the molecule is Cc1cc(C(C)NC2=NC3CCCCC3CS2)c(C)o1. The summed E-state index contributed by atoms with van der Waals surface area (Å²) in [7, 11) is 0. The third-order valence-corrected chi connectivity index (χ3v) is 5.56. The van der Waals surface area contributed by atoms with Crippen LogP contribution in [0.5, 0.6) is 0 Å². The molecule has 1 aromatic rings. The largest absolute Gasteiger partial charge is 0.466 e. The van der Waals surface area contributed by atoms with E-state index in [1.807, 2.05) is 25.6 Å². The maximum absolute atomic E-state index is 5.62. The van der Waals surface area contributed by atoms with Gasteiger partial charge in [0, 0.05) is 11.3 Å². The zero-order chi connectivity index (χ0) is 14.1. The molecule has 2 heterocycles. The van der Waals surface area contributed by atoms with E-state index >= 15 is 0 Å². The molecule has 0 aromatic carbocycles. The van der Waals surface area contributed by atoms with Crippen LogP contribution in [0.3, 0.4) is 0 Å². The summed E-state index contributed by atoms with van der Waals surface area (Å²) in [5.41, 5.74) is 1.25. The minimum Gasteiger partial charge on any atom is -0.466 e. The van der Waals surface area contributed by atoms with Crippen molar-refractivity contribution in [2.75, 3.05) is 5.75 Å². The minimum atomic E-state index is 0.263. The molecular weight excluding hydrogens is 268 g/mol. The summed E-state index contributed by atoms with van der Waals surface area (Å²) in [5.74, 6) is 4.04. The Morgan fingerprint density at radius 2 is 2.15 bits per heavy atom. The highest BCUT2D eigenvalue weighted by Gasteiger charge is 2.29. The Hall–Kier alpha value is -0.900. The molecule has 3 atom stereocenters. The second-order valence-electron chi connectivity index (χ2n) is 6.09. The Balaban J connectivity index is 1.68. The van der Waals surface area contributed by atoms with Crippen LogP contribution in [0.4, 0.5) is 0 Å². The first-order valence-corrected chi connectivity index (χ1v) is 8.66. The van der Waals surface area contributed by atoms with Crippen molar-refractivity contribution in [3.63, 3.8) is 0 Å². The first-order chi connectivity index (χ1) is 9.63. The number of aliphatic imine (C=N–C) groups is 1. The molecule has 1 N–H and O–H groups in total. The summed E-state index contributed by atoms with van der Waals surface area (Å²) in [6.07, 6.45) is 5.38. The van der Waals surface area contributed by atoms with Crippen LogP contribution in [0, 0.1) is 19.8 Å². The number of hydrogen-bond acceptors (Lipinski definition) is 4. The summed E-state index contributed by atoms with van der Waals surface area (Å²) >= 11 is 1.89. The average Bonchev–Trinajstić information content (AvgIpc) is 2.78. The number of amidine groups is 1. The Labute approximate surface area is 125 Å². The van der Waals surface area contributed by atoms with Crippen LogP contribution in [-0.2, 0) is 0 Å². The molecule has 0 radical (unpaired) electrons. The number of nitrogens with zero attached hydrogens (tertiary/aromatic N) is 1. The molecule has 1 aromatic heterocycles. The van der Waals surface area contributed by atoms with E-state index in [1.165, 1.54) is 37.0 Å². The minimum absolute atomic E-state index is 0.263. The number of thioether (sulfide) groups is 1. The second-order valence-corrected chi connectivity index (χ2v) is 7.10. The van der Waals surface area contributed by atoms with Gasteiger partial charge in [-0.05, 0) is 45.6 Å². The standard InChI is InChI=1S/C16H24N2OS/c1-10-8-14(12(3)19-10)11(2)17-16-18-15-7-5-4-6-13(15)9-20-16/h8,11,13,15H,4-7,9H2,1-3H3,(H,17,18). The van der Waals surface area contributed by atoms with Gasteiger partial charge < -0.3 is 9.73 Å². The smallest absolute Gasteiger partial charge is 0.157 e. The van der Waals surface area contributed by atoms with Gasteiger partial charge >= 0.3 is 0 Å².